The van der Waals surface area contributed by atoms with Crippen molar-refractivity contribution < 1.29 is 24.2 Å². The Bertz CT molecular complexity index is 663. The number of carbonyl (C=O) groups excluding carboxylic acids is 1. The zero-order valence-electron chi connectivity index (χ0n) is 14.8. The summed E-state index contributed by atoms with van der Waals surface area (Å²) in [5, 5.41) is 12.9. The van der Waals surface area contributed by atoms with Gasteiger partial charge < -0.3 is 19.9 Å². The van der Waals surface area contributed by atoms with Crippen LogP contribution in [-0.2, 0) is 14.3 Å². The first-order valence-corrected chi connectivity index (χ1v) is 8.61. The van der Waals surface area contributed by atoms with Gasteiger partial charge in [0, 0.05) is 23.5 Å². The Morgan fingerprint density at radius 2 is 2.12 bits per heavy atom. The average molecular weight is 370 g/mol. The molecule has 1 saturated carbocycles. The van der Waals surface area contributed by atoms with Crippen LogP contribution in [0, 0.1) is 5.41 Å². The summed E-state index contributed by atoms with van der Waals surface area (Å²) < 4.78 is 11.2. The van der Waals surface area contributed by atoms with E-state index in [0.717, 1.165) is 0 Å². The van der Waals surface area contributed by atoms with Crippen LogP contribution in [0.3, 0.4) is 0 Å². The number of halogens is 1. The van der Waals surface area contributed by atoms with Crippen LogP contribution < -0.4 is 10.1 Å². The fraction of sp³-hybridized carbons (Fsp3) is 0.556. The standard InChI is InChI=1S/C18H24ClNO5/c1-5-24-14-10-18(16(22)23,17(14,3)4)20-15(21)11(2)25-13-8-6-7-12(19)9-13/h6-9,11,14H,5,10H2,1-4H3,(H,20,21)(H,22,23). The molecular weight excluding hydrogens is 346 g/mol. The molecule has 3 atom stereocenters. The van der Waals surface area contributed by atoms with Gasteiger partial charge in [0.15, 0.2) is 6.10 Å². The van der Waals surface area contributed by atoms with Gasteiger partial charge in [-0.05, 0) is 32.0 Å². The van der Waals surface area contributed by atoms with Gasteiger partial charge >= 0.3 is 5.97 Å². The van der Waals surface area contributed by atoms with Crippen LogP contribution in [0.5, 0.6) is 5.75 Å². The van der Waals surface area contributed by atoms with E-state index in [4.69, 9.17) is 21.1 Å². The van der Waals surface area contributed by atoms with Crippen molar-refractivity contribution in [3.63, 3.8) is 0 Å². The van der Waals surface area contributed by atoms with Crippen molar-refractivity contribution in [2.45, 2.75) is 51.9 Å². The number of ether oxygens (including phenoxy) is 2. The molecule has 7 heteroatoms. The Morgan fingerprint density at radius 1 is 1.44 bits per heavy atom. The molecule has 0 aromatic heterocycles. The molecule has 1 aromatic rings. The maximum atomic E-state index is 12.5. The number of benzene rings is 1. The number of nitrogens with one attached hydrogen (secondary N) is 1. The fourth-order valence-corrected chi connectivity index (χ4v) is 3.33. The van der Waals surface area contributed by atoms with Gasteiger partial charge in [0.1, 0.15) is 11.3 Å². The largest absolute Gasteiger partial charge is 0.481 e. The molecule has 25 heavy (non-hydrogen) atoms. The molecule has 1 aliphatic rings. The zero-order chi connectivity index (χ0) is 18.8. The Balaban J connectivity index is 2.10. The number of rotatable bonds is 7. The van der Waals surface area contributed by atoms with E-state index in [2.05, 4.69) is 5.32 Å². The van der Waals surface area contributed by atoms with Gasteiger partial charge in [-0.2, -0.15) is 0 Å². The van der Waals surface area contributed by atoms with E-state index < -0.39 is 28.9 Å². The lowest BCUT2D eigenvalue weighted by atomic mass is 9.54. The predicted octanol–water partition coefficient (Wildman–Crippen LogP) is 2.88. The van der Waals surface area contributed by atoms with Crippen molar-refractivity contribution in [2.24, 2.45) is 5.41 Å². The molecule has 1 amide bonds. The molecular formula is C18H24ClNO5. The first-order chi connectivity index (χ1) is 11.6. The van der Waals surface area contributed by atoms with E-state index in [9.17, 15) is 14.7 Å². The number of hydrogen-bond donors (Lipinski definition) is 2. The van der Waals surface area contributed by atoms with Crippen molar-refractivity contribution in [1.29, 1.82) is 0 Å². The van der Waals surface area contributed by atoms with E-state index in [1.165, 1.54) is 0 Å². The second-order valence-electron chi connectivity index (χ2n) is 6.79. The van der Waals surface area contributed by atoms with E-state index in [0.29, 0.717) is 17.4 Å². The molecule has 0 aliphatic heterocycles. The minimum atomic E-state index is -1.38. The SMILES string of the molecule is CCOC1CC(NC(=O)C(C)Oc2cccc(Cl)c2)(C(=O)O)C1(C)C. The zero-order valence-corrected chi connectivity index (χ0v) is 15.6. The third-order valence-electron chi connectivity index (χ3n) is 4.94. The first kappa shape index (κ1) is 19.5. The van der Waals surface area contributed by atoms with Gasteiger partial charge in [-0.3, -0.25) is 4.79 Å². The predicted molar refractivity (Wildman–Crippen MR) is 93.9 cm³/mol. The lowest BCUT2D eigenvalue weighted by molar-refractivity contribution is -0.195. The van der Waals surface area contributed by atoms with E-state index >= 15 is 0 Å². The van der Waals surface area contributed by atoms with Crippen LogP contribution in [-0.4, -0.2) is 41.3 Å². The highest BCUT2D eigenvalue weighted by Gasteiger charge is 2.66. The first-order valence-electron chi connectivity index (χ1n) is 8.23. The number of carboxylic acid groups (broad SMARTS) is 1. The minimum absolute atomic E-state index is 0.221. The van der Waals surface area contributed by atoms with E-state index in [1.54, 1.807) is 45.0 Å². The van der Waals surface area contributed by atoms with Gasteiger partial charge in [-0.1, -0.05) is 31.5 Å². The Kier molecular flexibility index (Phi) is 5.64. The van der Waals surface area contributed by atoms with Crippen molar-refractivity contribution in [3.05, 3.63) is 29.3 Å². The number of carboxylic acids is 1. The third-order valence-corrected chi connectivity index (χ3v) is 5.18. The molecule has 6 nitrogen and oxygen atoms in total. The van der Waals surface area contributed by atoms with Gasteiger partial charge in [0.2, 0.25) is 0 Å². The molecule has 1 fully saturated rings. The van der Waals surface area contributed by atoms with E-state index in [-0.39, 0.29) is 12.5 Å². The Labute approximate surface area is 152 Å². The summed E-state index contributed by atoms with van der Waals surface area (Å²) in [6.07, 6.45) is -0.867. The van der Waals surface area contributed by atoms with Crippen LogP contribution in [0.25, 0.3) is 0 Å². The van der Waals surface area contributed by atoms with Gasteiger partial charge in [-0.25, -0.2) is 4.79 Å². The second-order valence-corrected chi connectivity index (χ2v) is 7.22. The summed E-state index contributed by atoms with van der Waals surface area (Å²) in [5.41, 5.74) is -2.11. The normalized spacial score (nSPS) is 25.6. The van der Waals surface area contributed by atoms with Gasteiger partial charge in [-0.15, -0.1) is 0 Å². The maximum absolute atomic E-state index is 12.5. The second kappa shape index (κ2) is 7.22. The van der Waals surface area contributed by atoms with Gasteiger partial charge in [0.25, 0.3) is 5.91 Å². The Morgan fingerprint density at radius 3 is 2.64 bits per heavy atom. The maximum Gasteiger partial charge on any atom is 0.330 e. The molecule has 138 valence electrons. The van der Waals surface area contributed by atoms with Gasteiger partial charge in [0.05, 0.1) is 6.10 Å². The topological polar surface area (TPSA) is 84.9 Å². The molecule has 0 saturated heterocycles. The summed E-state index contributed by atoms with van der Waals surface area (Å²) in [7, 11) is 0. The lowest BCUT2D eigenvalue weighted by Crippen LogP contribution is -2.76. The molecule has 3 unspecified atom stereocenters. The van der Waals surface area contributed by atoms with Crippen molar-refractivity contribution in [1.82, 2.24) is 5.32 Å². The quantitative estimate of drug-likeness (QED) is 0.772. The van der Waals surface area contributed by atoms with Crippen LogP contribution in [0.4, 0.5) is 0 Å². The average Bonchev–Trinajstić information content (AvgIpc) is 2.53. The number of carbonyl (C=O) groups is 2. The molecule has 2 rings (SSSR count). The number of hydrogen-bond acceptors (Lipinski definition) is 4. The summed E-state index contributed by atoms with van der Waals surface area (Å²) >= 11 is 5.90. The number of amides is 1. The van der Waals surface area contributed by atoms with Crippen LogP contribution in [0.2, 0.25) is 5.02 Å². The van der Waals surface area contributed by atoms with Crippen LogP contribution in [0.1, 0.15) is 34.1 Å². The van der Waals surface area contributed by atoms with Crippen molar-refractivity contribution in [2.75, 3.05) is 6.61 Å². The fourth-order valence-electron chi connectivity index (χ4n) is 3.15. The minimum Gasteiger partial charge on any atom is -0.481 e. The van der Waals surface area contributed by atoms with Crippen molar-refractivity contribution in [3.8, 4) is 5.75 Å². The molecule has 0 spiro atoms. The third kappa shape index (κ3) is 3.60. The summed E-state index contributed by atoms with van der Waals surface area (Å²) in [4.78, 5) is 24.4. The van der Waals surface area contributed by atoms with Crippen LogP contribution in [0.15, 0.2) is 24.3 Å². The highest BCUT2D eigenvalue weighted by molar-refractivity contribution is 6.30. The summed E-state index contributed by atoms with van der Waals surface area (Å²) in [5.74, 6) is -1.12. The monoisotopic (exact) mass is 369 g/mol. The van der Waals surface area contributed by atoms with Crippen molar-refractivity contribution >= 4 is 23.5 Å². The Hall–Kier alpha value is -1.79. The molecule has 0 heterocycles. The molecule has 1 aromatic carbocycles. The smallest absolute Gasteiger partial charge is 0.330 e. The molecule has 0 radical (unpaired) electrons. The van der Waals surface area contributed by atoms with Crippen LogP contribution >= 0.6 is 11.6 Å². The summed E-state index contributed by atoms with van der Waals surface area (Å²) in [6, 6.07) is 6.68. The molecule has 2 N–H and O–H groups in total. The number of aliphatic carboxylic acids is 1. The highest BCUT2D eigenvalue weighted by Crippen LogP contribution is 2.51. The summed E-state index contributed by atoms with van der Waals surface area (Å²) in [6.45, 7) is 7.49. The molecule has 1 aliphatic carbocycles. The molecule has 0 bridgehead atoms. The van der Waals surface area contributed by atoms with E-state index in [1.807, 2.05) is 6.92 Å². The highest BCUT2D eigenvalue weighted by atomic mass is 35.5. The lowest BCUT2D eigenvalue weighted by Gasteiger charge is -2.58.